The SMILES string of the molecule is CCOC(=O)C(=O)Cl.CCOC(=O)C(=O)N(Cc1ccccc1)Cc1ccc(C)cc1C. The molecule has 0 heterocycles. The maximum Gasteiger partial charge on any atom is 0.397 e. The average Bonchev–Trinajstić information content (AvgIpc) is 2.76. The summed E-state index contributed by atoms with van der Waals surface area (Å²) >= 11 is 4.69. The molecule has 0 N–H and O–H groups in total. The molecule has 2 aromatic rings. The molecule has 0 saturated heterocycles. The van der Waals surface area contributed by atoms with Gasteiger partial charge in [-0.25, -0.2) is 9.59 Å². The van der Waals surface area contributed by atoms with Crippen LogP contribution in [-0.4, -0.2) is 41.2 Å². The zero-order valence-electron chi connectivity index (χ0n) is 18.7. The molecule has 0 fully saturated rings. The van der Waals surface area contributed by atoms with Crippen molar-refractivity contribution in [1.29, 1.82) is 0 Å². The van der Waals surface area contributed by atoms with Crippen LogP contribution in [0.15, 0.2) is 48.5 Å². The second-order valence-electron chi connectivity index (χ2n) is 6.79. The lowest BCUT2D eigenvalue weighted by Crippen LogP contribution is -2.37. The number of hydrogen-bond acceptors (Lipinski definition) is 6. The number of aryl methyl sites for hydroxylation is 2. The standard InChI is InChI=1S/C20H23NO3.C4H5ClO3/c1-4-24-20(23)19(22)21(13-17-8-6-5-7-9-17)14-18-11-10-15(2)12-16(18)3;1-2-8-4(7)3(5)6/h5-12H,4,13-14H2,1-3H3;2H2,1H3. The summed E-state index contributed by atoms with van der Waals surface area (Å²) in [5.74, 6) is -2.41. The molecule has 2 aromatic carbocycles. The van der Waals surface area contributed by atoms with Gasteiger partial charge in [-0.05, 0) is 56.0 Å². The van der Waals surface area contributed by atoms with Crippen molar-refractivity contribution in [2.75, 3.05) is 13.2 Å². The molecule has 0 bridgehead atoms. The second-order valence-corrected chi connectivity index (χ2v) is 7.13. The molecule has 0 atom stereocenters. The van der Waals surface area contributed by atoms with Gasteiger partial charge in [0.2, 0.25) is 0 Å². The normalized spacial score (nSPS) is 9.78. The van der Waals surface area contributed by atoms with E-state index in [2.05, 4.69) is 10.8 Å². The van der Waals surface area contributed by atoms with E-state index in [0.717, 1.165) is 16.7 Å². The first-order valence-electron chi connectivity index (χ1n) is 10.1. The Bertz CT molecular complexity index is 929. The number of esters is 2. The van der Waals surface area contributed by atoms with E-state index in [1.807, 2.05) is 56.3 Å². The second kappa shape index (κ2) is 14.0. The maximum atomic E-state index is 12.5. The molecule has 0 saturated carbocycles. The van der Waals surface area contributed by atoms with Crippen LogP contribution in [-0.2, 0) is 41.7 Å². The Morgan fingerprint density at radius 1 is 0.844 bits per heavy atom. The van der Waals surface area contributed by atoms with Gasteiger partial charge in [0.05, 0.1) is 13.2 Å². The lowest BCUT2D eigenvalue weighted by Gasteiger charge is -2.23. The first kappa shape index (κ1) is 26.8. The summed E-state index contributed by atoms with van der Waals surface area (Å²) in [6.07, 6.45) is 0. The van der Waals surface area contributed by atoms with Crippen molar-refractivity contribution in [3.05, 3.63) is 70.8 Å². The third kappa shape index (κ3) is 9.31. The minimum Gasteiger partial charge on any atom is -0.459 e. The third-order valence-electron chi connectivity index (χ3n) is 4.25. The number of amides is 1. The smallest absolute Gasteiger partial charge is 0.397 e. The van der Waals surface area contributed by atoms with Gasteiger partial charge in [0.25, 0.3) is 0 Å². The fourth-order valence-corrected chi connectivity index (χ4v) is 2.80. The summed E-state index contributed by atoms with van der Waals surface area (Å²) in [4.78, 5) is 45.8. The number of halogens is 1. The van der Waals surface area contributed by atoms with Gasteiger partial charge < -0.3 is 14.4 Å². The molecule has 2 rings (SSSR count). The zero-order chi connectivity index (χ0) is 24.1. The Labute approximate surface area is 193 Å². The molecule has 172 valence electrons. The molecule has 8 heteroatoms. The summed E-state index contributed by atoms with van der Waals surface area (Å²) in [6, 6.07) is 15.7. The largest absolute Gasteiger partial charge is 0.459 e. The highest BCUT2D eigenvalue weighted by Gasteiger charge is 2.24. The molecule has 0 unspecified atom stereocenters. The van der Waals surface area contributed by atoms with Gasteiger partial charge in [-0.15, -0.1) is 0 Å². The zero-order valence-corrected chi connectivity index (χ0v) is 19.5. The maximum absolute atomic E-state index is 12.5. The minimum atomic E-state index is -1.08. The van der Waals surface area contributed by atoms with Crippen LogP contribution < -0.4 is 0 Å². The van der Waals surface area contributed by atoms with E-state index in [0.29, 0.717) is 13.1 Å². The van der Waals surface area contributed by atoms with Gasteiger partial charge >= 0.3 is 23.1 Å². The van der Waals surface area contributed by atoms with Gasteiger partial charge in [-0.2, -0.15) is 0 Å². The van der Waals surface area contributed by atoms with Gasteiger partial charge in [-0.1, -0.05) is 54.1 Å². The molecule has 0 aliphatic carbocycles. The monoisotopic (exact) mass is 461 g/mol. The summed E-state index contributed by atoms with van der Waals surface area (Å²) in [5.41, 5.74) is 4.27. The molecule has 0 aliphatic heterocycles. The van der Waals surface area contributed by atoms with Crippen molar-refractivity contribution in [2.24, 2.45) is 0 Å². The van der Waals surface area contributed by atoms with Gasteiger partial charge in [-0.3, -0.25) is 9.59 Å². The number of carbonyl (C=O) groups excluding carboxylic acids is 4. The van der Waals surface area contributed by atoms with Gasteiger partial charge in [0.15, 0.2) is 0 Å². The Balaban J connectivity index is 0.000000547. The fourth-order valence-electron chi connectivity index (χ4n) is 2.74. The number of nitrogens with zero attached hydrogens (tertiary/aromatic N) is 1. The van der Waals surface area contributed by atoms with Crippen molar-refractivity contribution in [3.8, 4) is 0 Å². The summed E-state index contributed by atoms with van der Waals surface area (Å²) in [5, 5.41) is -1.08. The molecule has 0 radical (unpaired) electrons. The minimum absolute atomic E-state index is 0.178. The van der Waals surface area contributed by atoms with Crippen molar-refractivity contribution >= 4 is 34.7 Å². The van der Waals surface area contributed by atoms with Crippen LogP contribution in [0.3, 0.4) is 0 Å². The van der Waals surface area contributed by atoms with Crippen LogP contribution in [0.1, 0.15) is 36.1 Å². The quantitative estimate of drug-likeness (QED) is 0.354. The predicted molar refractivity (Wildman–Crippen MR) is 121 cm³/mol. The Morgan fingerprint density at radius 2 is 1.44 bits per heavy atom. The van der Waals surface area contributed by atoms with Crippen molar-refractivity contribution in [1.82, 2.24) is 4.90 Å². The van der Waals surface area contributed by atoms with E-state index in [-0.39, 0.29) is 13.2 Å². The summed E-state index contributed by atoms with van der Waals surface area (Å²) < 4.78 is 9.06. The van der Waals surface area contributed by atoms with Crippen molar-refractivity contribution < 1.29 is 28.7 Å². The Kier molecular flexibility index (Phi) is 11.7. The molecule has 0 aromatic heterocycles. The number of hydrogen-bond donors (Lipinski definition) is 0. The van der Waals surface area contributed by atoms with Crippen LogP contribution in [0.4, 0.5) is 0 Å². The summed E-state index contributed by atoms with van der Waals surface area (Å²) in [7, 11) is 0. The van der Waals surface area contributed by atoms with E-state index in [9.17, 15) is 19.2 Å². The fraction of sp³-hybridized carbons (Fsp3) is 0.333. The van der Waals surface area contributed by atoms with E-state index >= 15 is 0 Å². The molecular formula is C24H28ClNO6. The van der Waals surface area contributed by atoms with Crippen LogP contribution in [0.25, 0.3) is 0 Å². The highest BCUT2D eigenvalue weighted by atomic mass is 35.5. The van der Waals surface area contributed by atoms with Gasteiger partial charge in [0, 0.05) is 13.1 Å². The Hall–Kier alpha value is -3.19. The van der Waals surface area contributed by atoms with E-state index in [1.165, 1.54) is 10.5 Å². The molecule has 7 nitrogen and oxygen atoms in total. The molecular weight excluding hydrogens is 434 g/mol. The average molecular weight is 462 g/mol. The molecule has 0 spiro atoms. The van der Waals surface area contributed by atoms with Crippen LogP contribution in [0, 0.1) is 13.8 Å². The van der Waals surface area contributed by atoms with Crippen molar-refractivity contribution in [3.63, 3.8) is 0 Å². The first-order chi connectivity index (χ1) is 15.2. The molecule has 32 heavy (non-hydrogen) atoms. The lowest BCUT2D eigenvalue weighted by atomic mass is 10.0. The third-order valence-corrected chi connectivity index (χ3v) is 4.40. The van der Waals surface area contributed by atoms with Crippen LogP contribution >= 0.6 is 11.6 Å². The highest BCUT2D eigenvalue weighted by Crippen LogP contribution is 2.16. The molecule has 1 amide bonds. The number of rotatable bonds is 7. The van der Waals surface area contributed by atoms with E-state index in [4.69, 9.17) is 16.3 Å². The molecule has 0 aliphatic rings. The topological polar surface area (TPSA) is 90.0 Å². The first-order valence-corrected chi connectivity index (χ1v) is 10.5. The number of carbonyl (C=O) groups is 4. The van der Waals surface area contributed by atoms with Crippen LogP contribution in [0.5, 0.6) is 0 Å². The van der Waals surface area contributed by atoms with Crippen molar-refractivity contribution in [2.45, 2.75) is 40.8 Å². The Morgan fingerprint density at radius 3 is 1.94 bits per heavy atom. The van der Waals surface area contributed by atoms with Gasteiger partial charge in [0.1, 0.15) is 0 Å². The number of ether oxygens (including phenoxy) is 2. The number of benzene rings is 2. The van der Waals surface area contributed by atoms with E-state index in [1.54, 1.807) is 13.8 Å². The van der Waals surface area contributed by atoms with Crippen LogP contribution in [0.2, 0.25) is 0 Å². The summed E-state index contributed by atoms with van der Waals surface area (Å²) in [6.45, 7) is 8.43. The van der Waals surface area contributed by atoms with E-state index < -0.39 is 23.1 Å². The predicted octanol–water partition coefficient (Wildman–Crippen LogP) is 3.71. The lowest BCUT2D eigenvalue weighted by molar-refractivity contribution is -0.160. The highest BCUT2D eigenvalue weighted by molar-refractivity contribution is 6.80.